The summed E-state index contributed by atoms with van der Waals surface area (Å²) >= 11 is 6.06. The molecule has 2 aromatic rings. The molecule has 0 aliphatic heterocycles. The van der Waals surface area contributed by atoms with Gasteiger partial charge in [0.1, 0.15) is 6.54 Å². The summed E-state index contributed by atoms with van der Waals surface area (Å²) in [6.07, 6.45) is 1.65. The summed E-state index contributed by atoms with van der Waals surface area (Å²) in [6.45, 7) is 3.80. The minimum absolute atomic E-state index is 0.0594. The lowest BCUT2D eigenvalue weighted by atomic mass is 10.2. The number of carbonyl (C=O) groups is 1. The van der Waals surface area contributed by atoms with E-state index in [4.69, 9.17) is 17.3 Å². The van der Waals surface area contributed by atoms with Crippen LogP contribution in [-0.2, 0) is 11.3 Å². The number of aryl methyl sites for hydroxylation is 1. The minimum Gasteiger partial charge on any atom is -0.323 e. The zero-order valence-electron chi connectivity index (χ0n) is 11.3. The van der Waals surface area contributed by atoms with E-state index in [2.05, 4.69) is 15.6 Å². The molecular weight excluding hydrogens is 278 g/mol. The number of amides is 1. The number of benzene rings is 1. The number of aromatic nitrogens is 3. The van der Waals surface area contributed by atoms with Crippen molar-refractivity contribution in [3.63, 3.8) is 0 Å². The fourth-order valence-electron chi connectivity index (χ4n) is 1.66. The van der Waals surface area contributed by atoms with Crippen LogP contribution in [0.3, 0.4) is 0 Å². The van der Waals surface area contributed by atoms with Crippen LogP contribution in [0.25, 0.3) is 0 Å². The van der Waals surface area contributed by atoms with E-state index >= 15 is 0 Å². The summed E-state index contributed by atoms with van der Waals surface area (Å²) < 4.78 is 1.44. The number of rotatable bonds is 4. The highest BCUT2D eigenvalue weighted by atomic mass is 35.5. The molecule has 0 aliphatic carbocycles. The molecule has 1 aromatic carbocycles. The monoisotopic (exact) mass is 293 g/mol. The van der Waals surface area contributed by atoms with Gasteiger partial charge in [0.2, 0.25) is 5.91 Å². The van der Waals surface area contributed by atoms with E-state index in [1.807, 2.05) is 13.0 Å². The Kier molecular flexibility index (Phi) is 4.36. The van der Waals surface area contributed by atoms with Crippen LogP contribution < -0.4 is 11.1 Å². The van der Waals surface area contributed by atoms with Crippen molar-refractivity contribution >= 4 is 23.2 Å². The van der Waals surface area contributed by atoms with E-state index in [1.54, 1.807) is 25.3 Å². The predicted octanol–water partition coefficient (Wildman–Crippen LogP) is 1.90. The summed E-state index contributed by atoms with van der Waals surface area (Å²) in [7, 11) is 0. The molecule has 1 atom stereocenters. The normalized spacial score (nSPS) is 12.2. The van der Waals surface area contributed by atoms with Gasteiger partial charge < -0.3 is 11.1 Å². The topological polar surface area (TPSA) is 85.8 Å². The third-order valence-electron chi connectivity index (χ3n) is 2.73. The van der Waals surface area contributed by atoms with Crippen LogP contribution in [0.1, 0.15) is 24.2 Å². The maximum atomic E-state index is 11.9. The lowest BCUT2D eigenvalue weighted by Gasteiger charge is -2.07. The molecule has 20 heavy (non-hydrogen) atoms. The second-order valence-corrected chi connectivity index (χ2v) is 5.07. The molecular formula is C13H16ClN5O. The van der Waals surface area contributed by atoms with Gasteiger partial charge in [-0.2, -0.15) is 0 Å². The van der Waals surface area contributed by atoms with Crippen molar-refractivity contribution in [3.05, 3.63) is 40.7 Å². The van der Waals surface area contributed by atoms with Crippen molar-refractivity contribution in [2.75, 3.05) is 5.32 Å². The number of nitrogens with zero attached hydrogens (tertiary/aromatic N) is 3. The lowest BCUT2D eigenvalue weighted by Crippen LogP contribution is -2.19. The summed E-state index contributed by atoms with van der Waals surface area (Å²) in [5.74, 6) is -0.225. The lowest BCUT2D eigenvalue weighted by molar-refractivity contribution is -0.116. The van der Waals surface area contributed by atoms with Gasteiger partial charge in [-0.3, -0.25) is 4.79 Å². The van der Waals surface area contributed by atoms with Crippen LogP contribution in [0, 0.1) is 6.92 Å². The maximum absolute atomic E-state index is 11.9. The van der Waals surface area contributed by atoms with Crippen molar-refractivity contribution in [1.29, 1.82) is 0 Å². The molecule has 0 radical (unpaired) electrons. The molecule has 0 saturated carbocycles. The second kappa shape index (κ2) is 6.02. The summed E-state index contributed by atoms with van der Waals surface area (Å²) in [6, 6.07) is 5.23. The molecule has 1 heterocycles. The Balaban J connectivity index is 2.01. The first-order valence-corrected chi connectivity index (χ1v) is 6.55. The van der Waals surface area contributed by atoms with Gasteiger partial charge in [-0.1, -0.05) is 22.9 Å². The van der Waals surface area contributed by atoms with Crippen LogP contribution in [0.5, 0.6) is 0 Å². The van der Waals surface area contributed by atoms with E-state index in [-0.39, 0.29) is 18.5 Å². The van der Waals surface area contributed by atoms with E-state index in [0.717, 1.165) is 5.56 Å². The van der Waals surface area contributed by atoms with E-state index in [9.17, 15) is 4.79 Å². The minimum atomic E-state index is -0.225. The number of anilines is 1. The molecule has 0 spiro atoms. The number of halogens is 1. The first-order chi connectivity index (χ1) is 9.45. The number of hydrogen-bond donors (Lipinski definition) is 2. The first kappa shape index (κ1) is 14.5. The molecule has 0 saturated heterocycles. The fraction of sp³-hybridized carbons (Fsp3) is 0.308. The zero-order valence-corrected chi connectivity index (χ0v) is 12.1. The van der Waals surface area contributed by atoms with Crippen LogP contribution in [0.15, 0.2) is 24.4 Å². The van der Waals surface area contributed by atoms with Gasteiger partial charge in [0.25, 0.3) is 0 Å². The molecule has 0 bridgehead atoms. The van der Waals surface area contributed by atoms with Crippen LogP contribution in [0.4, 0.5) is 5.69 Å². The van der Waals surface area contributed by atoms with Gasteiger partial charge in [-0.25, -0.2) is 4.68 Å². The van der Waals surface area contributed by atoms with Crippen molar-refractivity contribution in [2.24, 2.45) is 5.73 Å². The van der Waals surface area contributed by atoms with Crippen LogP contribution in [0.2, 0.25) is 5.02 Å². The third kappa shape index (κ3) is 3.55. The molecule has 0 aliphatic rings. The molecule has 7 heteroatoms. The van der Waals surface area contributed by atoms with Gasteiger partial charge in [-0.15, -0.1) is 5.10 Å². The zero-order chi connectivity index (χ0) is 14.7. The molecule has 1 amide bonds. The third-order valence-corrected chi connectivity index (χ3v) is 3.04. The highest BCUT2D eigenvalue weighted by Gasteiger charge is 2.10. The molecule has 106 valence electrons. The Bertz CT molecular complexity index is 623. The van der Waals surface area contributed by atoms with E-state index < -0.39 is 0 Å². The second-order valence-electron chi connectivity index (χ2n) is 4.66. The average Bonchev–Trinajstić information content (AvgIpc) is 2.81. The highest BCUT2D eigenvalue weighted by Crippen LogP contribution is 2.22. The average molecular weight is 294 g/mol. The van der Waals surface area contributed by atoms with Crippen LogP contribution in [-0.4, -0.2) is 20.9 Å². The van der Waals surface area contributed by atoms with Gasteiger partial charge >= 0.3 is 0 Å². The molecule has 3 N–H and O–H groups in total. The molecule has 6 nitrogen and oxygen atoms in total. The molecule has 0 fully saturated rings. The molecule has 2 rings (SSSR count). The Hall–Kier alpha value is -1.92. The molecule has 1 aromatic heterocycles. The Morgan fingerprint density at radius 2 is 2.30 bits per heavy atom. The Labute approximate surface area is 121 Å². The van der Waals surface area contributed by atoms with Gasteiger partial charge in [-0.05, 0) is 31.5 Å². The van der Waals surface area contributed by atoms with Gasteiger partial charge in [0.05, 0.1) is 22.6 Å². The van der Waals surface area contributed by atoms with Gasteiger partial charge in [0.15, 0.2) is 0 Å². The quantitative estimate of drug-likeness (QED) is 0.901. The predicted molar refractivity (Wildman–Crippen MR) is 77.4 cm³/mol. The van der Waals surface area contributed by atoms with Crippen molar-refractivity contribution in [1.82, 2.24) is 15.0 Å². The maximum Gasteiger partial charge on any atom is 0.246 e. The first-order valence-electron chi connectivity index (χ1n) is 6.17. The highest BCUT2D eigenvalue weighted by molar-refractivity contribution is 6.33. The Morgan fingerprint density at radius 1 is 1.55 bits per heavy atom. The molecule has 1 unspecified atom stereocenters. The summed E-state index contributed by atoms with van der Waals surface area (Å²) in [5, 5.41) is 11.0. The SMILES string of the molecule is Cc1ccc(NC(=O)Cn2cc(C(C)N)nn2)c(Cl)c1. The fourth-order valence-corrected chi connectivity index (χ4v) is 1.94. The summed E-state index contributed by atoms with van der Waals surface area (Å²) in [5.41, 5.74) is 7.94. The van der Waals surface area contributed by atoms with Crippen molar-refractivity contribution in [3.8, 4) is 0 Å². The largest absolute Gasteiger partial charge is 0.323 e. The van der Waals surface area contributed by atoms with Crippen molar-refractivity contribution in [2.45, 2.75) is 26.4 Å². The standard InChI is InChI=1S/C13H16ClN5O/c1-8-3-4-11(10(14)5-8)16-13(20)7-19-6-12(9(2)15)17-18-19/h3-6,9H,7,15H2,1-2H3,(H,16,20). The summed E-state index contributed by atoms with van der Waals surface area (Å²) in [4.78, 5) is 11.9. The number of carbonyl (C=O) groups excluding carboxylic acids is 1. The number of nitrogens with two attached hydrogens (primary N) is 1. The van der Waals surface area contributed by atoms with E-state index in [1.165, 1.54) is 4.68 Å². The van der Waals surface area contributed by atoms with E-state index in [0.29, 0.717) is 16.4 Å². The Morgan fingerprint density at radius 3 is 2.90 bits per heavy atom. The number of hydrogen-bond acceptors (Lipinski definition) is 4. The van der Waals surface area contributed by atoms with Crippen molar-refractivity contribution < 1.29 is 4.79 Å². The van der Waals surface area contributed by atoms with Gasteiger partial charge in [0, 0.05) is 6.04 Å². The van der Waals surface area contributed by atoms with Crippen LogP contribution >= 0.6 is 11.6 Å². The smallest absolute Gasteiger partial charge is 0.246 e. The number of nitrogens with one attached hydrogen (secondary N) is 1.